The standard InChI is InChI=1S/C22H25ClFN3O2/c1-15-13-26(14-16-2-5-18(24)6-3-16)8-9-27(15)22(28)11-19-12-25-20-10-17(23)4-7-21(20)29-19/h2-7,10,15,19,25H,8-9,11-14H2,1H3/t15-,19?/m1/s1. The SMILES string of the molecule is C[C@@H]1CN(Cc2ccc(F)cc2)CCN1C(=O)CC1CNc2cc(Cl)ccc2O1. The van der Waals surface area contributed by atoms with Crippen molar-refractivity contribution in [2.45, 2.75) is 32.0 Å². The topological polar surface area (TPSA) is 44.8 Å². The van der Waals surface area contributed by atoms with Crippen molar-refractivity contribution >= 4 is 23.2 Å². The summed E-state index contributed by atoms with van der Waals surface area (Å²) in [5.74, 6) is 0.626. The third kappa shape index (κ3) is 4.82. The van der Waals surface area contributed by atoms with Gasteiger partial charge >= 0.3 is 0 Å². The van der Waals surface area contributed by atoms with Gasteiger partial charge in [-0.3, -0.25) is 9.69 Å². The highest BCUT2D eigenvalue weighted by Crippen LogP contribution is 2.32. The summed E-state index contributed by atoms with van der Waals surface area (Å²) in [6.45, 7) is 5.71. The van der Waals surface area contributed by atoms with Gasteiger partial charge in [-0.1, -0.05) is 23.7 Å². The van der Waals surface area contributed by atoms with Crippen LogP contribution >= 0.6 is 11.6 Å². The van der Waals surface area contributed by atoms with E-state index in [-0.39, 0.29) is 23.9 Å². The van der Waals surface area contributed by atoms with Gasteiger partial charge < -0.3 is 15.0 Å². The van der Waals surface area contributed by atoms with Crippen LogP contribution in [0.1, 0.15) is 18.9 Å². The van der Waals surface area contributed by atoms with E-state index in [9.17, 15) is 9.18 Å². The van der Waals surface area contributed by atoms with Crippen LogP contribution in [-0.4, -0.2) is 54.0 Å². The first-order valence-corrected chi connectivity index (χ1v) is 10.3. The van der Waals surface area contributed by atoms with Gasteiger partial charge in [-0.05, 0) is 42.8 Å². The monoisotopic (exact) mass is 417 g/mol. The van der Waals surface area contributed by atoms with Crippen LogP contribution in [0.4, 0.5) is 10.1 Å². The minimum absolute atomic E-state index is 0.114. The van der Waals surface area contributed by atoms with Gasteiger partial charge in [0.1, 0.15) is 17.7 Å². The summed E-state index contributed by atoms with van der Waals surface area (Å²) in [5.41, 5.74) is 1.95. The lowest BCUT2D eigenvalue weighted by Crippen LogP contribution is -2.54. The molecule has 2 aliphatic rings. The van der Waals surface area contributed by atoms with E-state index < -0.39 is 0 Å². The molecule has 154 valence electrons. The molecule has 2 atom stereocenters. The molecule has 0 aliphatic carbocycles. The van der Waals surface area contributed by atoms with Crippen LogP contribution < -0.4 is 10.1 Å². The Morgan fingerprint density at radius 1 is 1.24 bits per heavy atom. The number of nitrogens with zero attached hydrogens (tertiary/aromatic N) is 2. The molecule has 2 heterocycles. The largest absolute Gasteiger partial charge is 0.486 e. The molecule has 2 aromatic rings. The van der Waals surface area contributed by atoms with Crippen molar-refractivity contribution in [3.63, 3.8) is 0 Å². The van der Waals surface area contributed by atoms with E-state index in [1.807, 2.05) is 29.2 Å². The molecular weight excluding hydrogens is 393 g/mol. The third-order valence-corrected chi connectivity index (χ3v) is 5.74. The summed E-state index contributed by atoms with van der Waals surface area (Å²) in [5, 5.41) is 3.95. The molecule has 5 nitrogen and oxygen atoms in total. The molecule has 2 aromatic carbocycles. The van der Waals surface area contributed by atoms with Gasteiger partial charge in [-0.15, -0.1) is 0 Å². The molecule has 0 radical (unpaired) electrons. The first-order valence-electron chi connectivity index (χ1n) is 9.94. The average molecular weight is 418 g/mol. The Morgan fingerprint density at radius 3 is 2.79 bits per heavy atom. The number of fused-ring (bicyclic) bond motifs is 1. The van der Waals surface area contributed by atoms with Crippen molar-refractivity contribution in [3.8, 4) is 5.75 Å². The molecule has 1 unspecified atom stereocenters. The Balaban J connectivity index is 1.30. The second-order valence-corrected chi connectivity index (χ2v) is 8.20. The van der Waals surface area contributed by atoms with Crippen molar-refractivity contribution in [1.82, 2.24) is 9.80 Å². The van der Waals surface area contributed by atoms with E-state index in [1.165, 1.54) is 12.1 Å². The van der Waals surface area contributed by atoms with Crippen LogP contribution in [0.2, 0.25) is 5.02 Å². The van der Waals surface area contributed by atoms with E-state index >= 15 is 0 Å². The molecule has 29 heavy (non-hydrogen) atoms. The molecule has 1 N–H and O–H groups in total. The fourth-order valence-electron chi connectivity index (χ4n) is 4.01. The summed E-state index contributed by atoms with van der Waals surface area (Å²) < 4.78 is 19.1. The van der Waals surface area contributed by atoms with Gasteiger partial charge in [0.05, 0.1) is 18.7 Å². The average Bonchev–Trinajstić information content (AvgIpc) is 2.70. The number of anilines is 1. The normalized spacial score (nSPS) is 21.8. The van der Waals surface area contributed by atoms with Gasteiger partial charge in [0.2, 0.25) is 5.91 Å². The van der Waals surface area contributed by atoms with Crippen molar-refractivity contribution in [1.29, 1.82) is 0 Å². The highest BCUT2D eigenvalue weighted by atomic mass is 35.5. The maximum absolute atomic E-state index is 13.1. The van der Waals surface area contributed by atoms with E-state index in [2.05, 4.69) is 17.1 Å². The van der Waals surface area contributed by atoms with Gasteiger partial charge in [-0.2, -0.15) is 0 Å². The fourth-order valence-corrected chi connectivity index (χ4v) is 4.18. The molecule has 1 fully saturated rings. The molecule has 7 heteroatoms. The highest BCUT2D eigenvalue weighted by Gasteiger charge is 2.30. The van der Waals surface area contributed by atoms with Crippen LogP contribution in [0.5, 0.6) is 5.75 Å². The zero-order chi connectivity index (χ0) is 20.4. The van der Waals surface area contributed by atoms with Gasteiger partial charge in [-0.25, -0.2) is 4.39 Å². The zero-order valence-electron chi connectivity index (χ0n) is 16.4. The number of rotatable bonds is 4. The van der Waals surface area contributed by atoms with E-state index in [4.69, 9.17) is 16.3 Å². The lowest BCUT2D eigenvalue weighted by Gasteiger charge is -2.40. The Hall–Kier alpha value is -2.31. The highest BCUT2D eigenvalue weighted by molar-refractivity contribution is 6.30. The zero-order valence-corrected chi connectivity index (χ0v) is 17.2. The summed E-state index contributed by atoms with van der Waals surface area (Å²) in [4.78, 5) is 17.1. The smallest absolute Gasteiger partial charge is 0.226 e. The predicted octanol–water partition coefficient (Wildman–Crippen LogP) is 3.78. The first kappa shape index (κ1) is 20.0. The molecule has 1 saturated heterocycles. The maximum Gasteiger partial charge on any atom is 0.226 e. The molecular formula is C22H25ClFN3O2. The summed E-state index contributed by atoms with van der Waals surface area (Å²) in [7, 11) is 0. The van der Waals surface area contributed by atoms with Gasteiger partial charge in [0, 0.05) is 37.2 Å². The van der Waals surface area contributed by atoms with Crippen molar-refractivity contribution in [2.75, 3.05) is 31.5 Å². The molecule has 0 saturated carbocycles. The lowest BCUT2D eigenvalue weighted by atomic mass is 10.1. The van der Waals surface area contributed by atoms with Crippen LogP contribution in [-0.2, 0) is 11.3 Å². The van der Waals surface area contributed by atoms with Crippen molar-refractivity contribution < 1.29 is 13.9 Å². The summed E-state index contributed by atoms with van der Waals surface area (Å²) in [6.07, 6.45) is 0.151. The second kappa shape index (κ2) is 8.59. The minimum atomic E-state index is -0.220. The molecule has 1 amide bonds. The lowest BCUT2D eigenvalue weighted by molar-refractivity contribution is -0.137. The number of hydrogen-bond acceptors (Lipinski definition) is 4. The number of amides is 1. The van der Waals surface area contributed by atoms with E-state index in [0.29, 0.717) is 24.5 Å². The van der Waals surface area contributed by atoms with Gasteiger partial charge in [0.25, 0.3) is 0 Å². The Labute approximate surface area is 175 Å². The minimum Gasteiger partial charge on any atom is -0.486 e. The summed E-state index contributed by atoms with van der Waals surface area (Å²) in [6, 6.07) is 12.2. The number of nitrogens with one attached hydrogen (secondary N) is 1. The molecule has 0 spiro atoms. The quantitative estimate of drug-likeness (QED) is 0.822. The predicted molar refractivity (Wildman–Crippen MR) is 112 cm³/mol. The number of halogens is 2. The van der Waals surface area contributed by atoms with Crippen LogP contribution in [0, 0.1) is 5.82 Å². The molecule has 0 bridgehead atoms. The third-order valence-electron chi connectivity index (χ3n) is 5.51. The number of ether oxygens (including phenoxy) is 1. The number of hydrogen-bond donors (Lipinski definition) is 1. The fraction of sp³-hybridized carbons (Fsp3) is 0.409. The van der Waals surface area contributed by atoms with Gasteiger partial charge in [0.15, 0.2) is 0 Å². The van der Waals surface area contributed by atoms with Crippen molar-refractivity contribution in [3.05, 3.63) is 58.9 Å². The number of benzene rings is 2. The van der Waals surface area contributed by atoms with E-state index in [1.54, 1.807) is 6.07 Å². The first-order chi connectivity index (χ1) is 14.0. The van der Waals surface area contributed by atoms with E-state index in [0.717, 1.165) is 36.6 Å². The molecule has 0 aromatic heterocycles. The summed E-state index contributed by atoms with van der Waals surface area (Å²) >= 11 is 6.01. The number of carbonyl (C=O) groups is 1. The van der Waals surface area contributed by atoms with Crippen LogP contribution in [0.25, 0.3) is 0 Å². The Bertz CT molecular complexity index is 877. The second-order valence-electron chi connectivity index (χ2n) is 7.76. The molecule has 2 aliphatic heterocycles. The number of piperazine rings is 1. The van der Waals surface area contributed by atoms with Crippen LogP contribution in [0.3, 0.4) is 0 Å². The Morgan fingerprint density at radius 2 is 2.03 bits per heavy atom. The Kier molecular flexibility index (Phi) is 5.92. The maximum atomic E-state index is 13.1. The van der Waals surface area contributed by atoms with Crippen LogP contribution in [0.15, 0.2) is 42.5 Å². The number of carbonyl (C=O) groups excluding carboxylic acids is 1. The van der Waals surface area contributed by atoms with Crippen molar-refractivity contribution in [2.24, 2.45) is 0 Å². The molecule has 4 rings (SSSR count).